The highest BCUT2D eigenvalue weighted by molar-refractivity contribution is 5.43. The van der Waals surface area contributed by atoms with Crippen molar-refractivity contribution in [3.63, 3.8) is 0 Å². The van der Waals surface area contributed by atoms with Crippen molar-refractivity contribution in [2.45, 2.75) is 38.5 Å². The summed E-state index contributed by atoms with van der Waals surface area (Å²) in [5.74, 6) is 2.33. The van der Waals surface area contributed by atoms with Crippen LogP contribution < -0.4 is 9.47 Å². The fourth-order valence-electron chi connectivity index (χ4n) is 3.89. The summed E-state index contributed by atoms with van der Waals surface area (Å²) in [7, 11) is 1.67. The second-order valence-corrected chi connectivity index (χ2v) is 7.87. The SMILES string of the molecule is COc1ccc(Cc2nccc(CCc3ccon3)n2)cc1OCCCN1CCCC1. The van der Waals surface area contributed by atoms with Gasteiger partial charge in [-0.05, 0) is 69.0 Å². The highest BCUT2D eigenvalue weighted by atomic mass is 16.5. The van der Waals surface area contributed by atoms with Gasteiger partial charge in [-0.25, -0.2) is 9.97 Å². The molecule has 2 aromatic heterocycles. The summed E-state index contributed by atoms with van der Waals surface area (Å²) in [6.45, 7) is 4.22. The predicted octanol–water partition coefficient (Wildman–Crippen LogP) is 3.71. The molecule has 1 fully saturated rings. The van der Waals surface area contributed by atoms with Gasteiger partial charge in [0.1, 0.15) is 12.1 Å². The predicted molar refractivity (Wildman–Crippen MR) is 118 cm³/mol. The van der Waals surface area contributed by atoms with E-state index >= 15 is 0 Å². The van der Waals surface area contributed by atoms with Gasteiger partial charge in [0.05, 0.1) is 19.4 Å². The molecule has 0 bridgehead atoms. The van der Waals surface area contributed by atoms with E-state index in [9.17, 15) is 0 Å². The minimum absolute atomic E-state index is 0.645. The topological polar surface area (TPSA) is 73.5 Å². The Morgan fingerprint density at radius 3 is 2.71 bits per heavy atom. The summed E-state index contributed by atoms with van der Waals surface area (Å²) in [6.07, 6.45) is 9.31. The van der Waals surface area contributed by atoms with Crippen LogP contribution in [0.2, 0.25) is 0 Å². The molecule has 0 saturated carbocycles. The number of aromatic nitrogens is 3. The maximum Gasteiger partial charge on any atom is 0.161 e. The summed E-state index contributed by atoms with van der Waals surface area (Å²) in [5.41, 5.74) is 3.03. The molecule has 0 unspecified atom stereocenters. The van der Waals surface area contributed by atoms with Crippen molar-refractivity contribution in [1.82, 2.24) is 20.0 Å². The molecule has 3 aromatic rings. The third-order valence-corrected chi connectivity index (χ3v) is 5.56. The van der Waals surface area contributed by atoms with Gasteiger partial charge in [0.2, 0.25) is 0 Å². The van der Waals surface area contributed by atoms with Gasteiger partial charge >= 0.3 is 0 Å². The lowest BCUT2D eigenvalue weighted by atomic mass is 10.1. The molecule has 0 aliphatic carbocycles. The van der Waals surface area contributed by atoms with Crippen LogP contribution in [-0.4, -0.2) is 53.4 Å². The molecule has 1 aromatic carbocycles. The van der Waals surface area contributed by atoms with Crippen LogP contribution in [0.5, 0.6) is 11.5 Å². The third kappa shape index (κ3) is 6.28. The summed E-state index contributed by atoms with van der Waals surface area (Å²) in [6, 6.07) is 9.87. The Hall–Kier alpha value is -2.93. The van der Waals surface area contributed by atoms with Crippen LogP contribution in [0, 0.1) is 0 Å². The van der Waals surface area contributed by atoms with Crippen LogP contribution in [-0.2, 0) is 19.3 Å². The summed E-state index contributed by atoms with van der Waals surface area (Å²) >= 11 is 0. The van der Waals surface area contributed by atoms with Crippen molar-refractivity contribution < 1.29 is 14.0 Å². The zero-order valence-corrected chi connectivity index (χ0v) is 18.1. The van der Waals surface area contributed by atoms with Gasteiger partial charge in [0, 0.05) is 30.9 Å². The lowest BCUT2D eigenvalue weighted by Gasteiger charge is -2.16. The van der Waals surface area contributed by atoms with Gasteiger partial charge in [0.15, 0.2) is 11.5 Å². The Morgan fingerprint density at radius 1 is 1.03 bits per heavy atom. The maximum absolute atomic E-state index is 6.06. The fourth-order valence-corrected chi connectivity index (χ4v) is 3.89. The molecule has 3 heterocycles. The molecule has 1 aliphatic heterocycles. The quantitative estimate of drug-likeness (QED) is 0.436. The zero-order valence-electron chi connectivity index (χ0n) is 18.1. The molecule has 0 N–H and O–H groups in total. The number of rotatable bonds is 11. The minimum atomic E-state index is 0.645. The highest BCUT2D eigenvalue weighted by Crippen LogP contribution is 2.29. The van der Waals surface area contributed by atoms with Crippen molar-refractivity contribution in [2.24, 2.45) is 0 Å². The molecule has 1 saturated heterocycles. The number of aryl methyl sites for hydroxylation is 2. The van der Waals surface area contributed by atoms with Crippen LogP contribution >= 0.6 is 0 Å². The Kier molecular flexibility index (Phi) is 7.50. The van der Waals surface area contributed by atoms with Crippen LogP contribution in [0.3, 0.4) is 0 Å². The third-order valence-electron chi connectivity index (χ3n) is 5.56. The van der Waals surface area contributed by atoms with E-state index < -0.39 is 0 Å². The van der Waals surface area contributed by atoms with E-state index in [0.29, 0.717) is 13.0 Å². The molecule has 0 amide bonds. The van der Waals surface area contributed by atoms with E-state index in [1.807, 2.05) is 36.5 Å². The maximum atomic E-state index is 6.06. The number of hydrogen-bond acceptors (Lipinski definition) is 7. The van der Waals surface area contributed by atoms with Crippen molar-refractivity contribution >= 4 is 0 Å². The summed E-state index contributed by atoms with van der Waals surface area (Å²) in [5, 5.41) is 3.95. The number of nitrogens with zero attached hydrogens (tertiary/aromatic N) is 4. The molecule has 0 radical (unpaired) electrons. The van der Waals surface area contributed by atoms with Gasteiger partial charge < -0.3 is 18.9 Å². The monoisotopic (exact) mass is 422 g/mol. The van der Waals surface area contributed by atoms with E-state index in [1.54, 1.807) is 13.4 Å². The van der Waals surface area contributed by atoms with Crippen LogP contribution in [0.15, 0.2) is 47.3 Å². The number of likely N-dealkylation sites (tertiary alicyclic amines) is 1. The second-order valence-electron chi connectivity index (χ2n) is 7.87. The largest absolute Gasteiger partial charge is 0.493 e. The van der Waals surface area contributed by atoms with Gasteiger partial charge in [-0.1, -0.05) is 11.2 Å². The van der Waals surface area contributed by atoms with E-state index in [-0.39, 0.29) is 0 Å². The van der Waals surface area contributed by atoms with E-state index in [4.69, 9.17) is 19.0 Å². The first-order valence-corrected chi connectivity index (χ1v) is 11.0. The van der Waals surface area contributed by atoms with E-state index in [0.717, 1.165) is 60.1 Å². The van der Waals surface area contributed by atoms with Gasteiger partial charge in [-0.15, -0.1) is 0 Å². The normalized spacial score (nSPS) is 14.1. The average molecular weight is 423 g/mol. The zero-order chi connectivity index (χ0) is 21.3. The van der Waals surface area contributed by atoms with Gasteiger partial charge in [-0.2, -0.15) is 0 Å². The van der Waals surface area contributed by atoms with Gasteiger partial charge in [0.25, 0.3) is 0 Å². The molecule has 1 aliphatic rings. The number of benzene rings is 1. The summed E-state index contributed by atoms with van der Waals surface area (Å²) in [4.78, 5) is 11.7. The van der Waals surface area contributed by atoms with Crippen molar-refractivity contribution in [1.29, 1.82) is 0 Å². The standard InChI is InChI=1S/C24H30N4O3/c1-29-22-8-5-19(17-23(22)30-15-4-14-28-12-2-3-13-28)18-24-25-11-9-20(26-24)6-7-21-10-16-31-27-21/h5,8-11,16-17H,2-4,6-7,12-15,18H2,1H3. The lowest BCUT2D eigenvalue weighted by Crippen LogP contribution is -2.21. The molecule has 7 nitrogen and oxygen atoms in total. The fraction of sp³-hybridized carbons (Fsp3) is 0.458. The lowest BCUT2D eigenvalue weighted by molar-refractivity contribution is 0.254. The number of methoxy groups -OCH3 is 1. The first-order valence-electron chi connectivity index (χ1n) is 11.0. The molecule has 0 atom stereocenters. The first-order chi connectivity index (χ1) is 15.3. The number of hydrogen-bond donors (Lipinski definition) is 0. The molecular formula is C24H30N4O3. The smallest absolute Gasteiger partial charge is 0.161 e. The molecule has 0 spiro atoms. The molecule has 31 heavy (non-hydrogen) atoms. The van der Waals surface area contributed by atoms with E-state index in [2.05, 4.69) is 15.0 Å². The Balaban J connectivity index is 1.34. The van der Waals surface area contributed by atoms with Crippen LogP contribution in [0.4, 0.5) is 0 Å². The van der Waals surface area contributed by atoms with Crippen molar-refractivity contribution in [3.05, 3.63) is 65.6 Å². The Bertz CT molecular complexity index is 940. The Morgan fingerprint density at radius 2 is 1.90 bits per heavy atom. The molecule has 4 rings (SSSR count). The van der Waals surface area contributed by atoms with Crippen LogP contribution in [0.25, 0.3) is 0 Å². The number of ether oxygens (including phenoxy) is 2. The second kappa shape index (κ2) is 10.9. The first kappa shape index (κ1) is 21.3. The highest BCUT2D eigenvalue weighted by Gasteiger charge is 2.12. The van der Waals surface area contributed by atoms with Gasteiger partial charge in [-0.3, -0.25) is 0 Å². The van der Waals surface area contributed by atoms with Crippen molar-refractivity contribution in [3.8, 4) is 11.5 Å². The van der Waals surface area contributed by atoms with Crippen LogP contribution in [0.1, 0.15) is 42.0 Å². The average Bonchev–Trinajstić information content (AvgIpc) is 3.50. The van der Waals surface area contributed by atoms with Crippen molar-refractivity contribution in [2.75, 3.05) is 33.4 Å². The molecular weight excluding hydrogens is 392 g/mol. The molecule has 7 heteroatoms. The minimum Gasteiger partial charge on any atom is -0.493 e. The Labute approximate surface area is 183 Å². The molecule has 164 valence electrons. The summed E-state index contributed by atoms with van der Waals surface area (Å²) < 4.78 is 16.4. The van der Waals surface area contributed by atoms with E-state index in [1.165, 1.54) is 25.9 Å².